The summed E-state index contributed by atoms with van der Waals surface area (Å²) in [5.41, 5.74) is 0. The first-order valence-corrected chi connectivity index (χ1v) is 4.55. The minimum Gasteiger partial charge on any atom is -0.475 e. The Labute approximate surface area is 82.5 Å². The van der Waals surface area contributed by atoms with E-state index in [2.05, 4.69) is 13.8 Å². The van der Waals surface area contributed by atoms with E-state index < -0.39 is 5.97 Å². The quantitative estimate of drug-likeness (QED) is 0.789. The van der Waals surface area contributed by atoms with E-state index in [1.54, 1.807) is 0 Å². The molecule has 1 aromatic heterocycles. The van der Waals surface area contributed by atoms with Crippen molar-refractivity contribution in [1.29, 1.82) is 0 Å². The number of hydrogen-bond donors (Lipinski definition) is 1. The van der Waals surface area contributed by atoms with E-state index in [0.717, 1.165) is 6.42 Å². The van der Waals surface area contributed by atoms with E-state index in [1.807, 2.05) is 0 Å². The van der Waals surface area contributed by atoms with Crippen LogP contribution < -0.4 is 4.74 Å². The molecule has 0 amide bonds. The molecule has 0 fully saturated rings. The van der Waals surface area contributed by atoms with Gasteiger partial charge in [0.15, 0.2) is 0 Å². The maximum atomic E-state index is 10.4. The van der Waals surface area contributed by atoms with Gasteiger partial charge in [0.05, 0.1) is 6.61 Å². The van der Waals surface area contributed by atoms with Crippen LogP contribution in [0.15, 0.2) is 16.5 Å². The van der Waals surface area contributed by atoms with Gasteiger partial charge in [-0.3, -0.25) is 0 Å². The number of aromatic carboxylic acids is 1. The molecular weight excluding hydrogens is 184 g/mol. The second-order valence-corrected chi connectivity index (χ2v) is 3.45. The summed E-state index contributed by atoms with van der Waals surface area (Å²) >= 11 is 0. The van der Waals surface area contributed by atoms with Crippen molar-refractivity contribution in [1.82, 2.24) is 0 Å². The van der Waals surface area contributed by atoms with E-state index in [-0.39, 0.29) is 11.7 Å². The standard InChI is InChI=1S/C10H14O4/c1-7(2)5-6-13-9-4-3-8(14-9)10(11)12/h3-4,7H,5-6H2,1-2H3,(H,11,12). The first-order valence-electron chi connectivity index (χ1n) is 4.55. The van der Waals surface area contributed by atoms with Gasteiger partial charge in [0.25, 0.3) is 5.95 Å². The molecule has 0 aliphatic carbocycles. The molecule has 0 atom stereocenters. The molecule has 78 valence electrons. The molecule has 0 unspecified atom stereocenters. The largest absolute Gasteiger partial charge is 0.475 e. The van der Waals surface area contributed by atoms with Gasteiger partial charge in [-0.25, -0.2) is 4.79 Å². The van der Waals surface area contributed by atoms with Crippen molar-refractivity contribution in [2.45, 2.75) is 20.3 Å². The lowest BCUT2D eigenvalue weighted by Crippen LogP contribution is -2.00. The van der Waals surface area contributed by atoms with Gasteiger partial charge < -0.3 is 14.3 Å². The van der Waals surface area contributed by atoms with E-state index >= 15 is 0 Å². The molecule has 0 saturated heterocycles. The Balaban J connectivity index is 2.40. The van der Waals surface area contributed by atoms with Crippen LogP contribution in [-0.2, 0) is 0 Å². The Kier molecular flexibility index (Phi) is 3.56. The molecule has 1 heterocycles. The SMILES string of the molecule is CC(C)CCOc1ccc(C(=O)O)o1. The lowest BCUT2D eigenvalue weighted by molar-refractivity contribution is 0.0653. The van der Waals surface area contributed by atoms with Crippen molar-refractivity contribution in [3.05, 3.63) is 17.9 Å². The van der Waals surface area contributed by atoms with Gasteiger partial charge in [-0.05, 0) is 18.4 Å². The topological polar surface area (TPSA) is 59.7 Å². The third-order valence-corrected chi connectivity index (χ3v) is 1.73. The van der Waals surface area contributed by atoms with Crippen molar-refractivity contribution in [3.8, 4) is 5.95 Å². The van der Waals surface area contributed by atoms with Crippen LogP contribution in [0.2, 0.25) is 0 Å². The summed E-state index contributed by atoms with van der Waals surface area (Å²) in [5, 5.41) is 8.56. The molecular formula is C10H14O4. The third kappa shape index (κ3) is 3.12. The van der Waals surface area contributed by atoms with Gasteiger partial charge in [0, 0.05) is 6.07 Å². The highest BCUT2D eigenvalue weighted by Gasteiger charge is 2.09. The van der Waals surface area contributed by atoms with Gasteiger partial charge in [-0.2, -0.15) is 0 Å². The average Bonchev–Trinajstić information content (AvgIpc) is 2.52. The lowest BCUT2D eigenvalue weighted by atomic mass is 10.1. The van der Waals surface area contributed by atoms with Gasteiger partial charge in [-0.1, -0.05) is 13.8 Å². The van der Waals surface area contributed by atoms with Crippen molar-refractivity contribution >= 4 is 5.97 Å². The van der Waals surface area contributed by atoms with Gasteiger partial charge in [-0.15, -0.1) is 0 Å². The van der Waals surface area contributed by atoms with Gasteiger partial charge in [0.1, 0.15) is 0 Å². The zero-order valence-electron chi connectivity index (χ0n) is 8.32. The zero-order valence-corrected chi connectivity index (χ0v) is 8.32. The molecule has 0 aliphatic rings. The highest BCUT2D eigenvalue weighted by atomic mass is 16.6. The maximum absolute atomic E-state index is 10.4. The van der Waals surface area contributed by atoms with E-state index in [0.29, 0.717) is 12.5 Å². The van der Waals surface area contributed by atoms with Crippen LogP contribution in [0.4, 0.5) is 0 Å². The molecule has 1 aromatic rings. The smallest absolute Gasteiger partial charge is 0.371 e. The van der Waals surface area contributed by atoms with E-state index in [4.69, 9.17) is 14.3 Å². The zero-order chi connectivity index (χ0) is 10.6. The summed E-state index contributed by atoms with van der Waals surface area (Å²) in [5.74, 6) is -0.347. The molecule has 0 radical (unpaired) electrons. The number of carboxylic acids is 1. The van der Waals surface area contributed by atoms with Gasteiger partial charge >= 0.3 is 5.97 Å². The van der Waals surface area contributed by atoms with Crippen molar-refractivity contribution in [2.24, 2.45) is 5.92 Å². The number of carbonyl (C=O) groups is 1. The Morgan fingerprint density at radius 3 is 2.79 bits per heavy atom. The summed E-state index contributed by atoms with van der Waals surface area (Å²) in [6.07, 6.45) is 0.920. The molecule has 4 heteroatoms. The molecule has 0 aromatic carbocycles. The minimum absolute atomic E-state index is 0.0930. The molecule has 1 N–H and O–H groups in total. The Hall–Kier alpha value is -1.45. The summed E-state index contributed by atoms with van der Waals surface area (Å²) in [6.45, 7) is 4.73. The number of furan rings is 1. The number of hydrogen-bond acceptors (Lipinski definition) is 3. The fraction of sp³-hybridized carbons (Fsp3) is 0.500. The molecule has 14 heavy (non-hydrogen) atoms. The maximum Gasteiger partial charge on any atom is 0.371 e. The molecule has 1 rings (SSSR count). The fourth-order valence-electron chi connectivity index (χ4n) is 0.908. The van der Waals surface area contributed by atoms with Gasteiger partial charge in [0.2, 0.25) is 5.76 Å². The summed E-state index contributed by atoms with van der Waals surface area (Å²) in [4.78, 5) is 10.4. The number of rotatable bonds is 5. The first-order chi connectivity index (χ1) is 6.59. The molecule has 0 bridgehead atoms. The van der Waals surface area contributed by atoms with Crippen LogP contribution in [-0.4, -0.2) is 17.7 Å². The number of ether oxygens (including phenoxy) is 1. The van der Waals surface area contributed by atoms with Crippen molar-refractivity contribution in [2.75, 3.05) is 6.61 Å². The first kappa shape index (κ1) is 10.6. The Bertz CT molecular complexity index is 301. The molecule has 0 aliphatic heterocycles. The van der Waals surface area contributed by atoms with Crippen LogP contribution in [0.3, 0.4) is 0 Å². The van der Waals surface area contributed by atoms with Crippen LogP contribution in [0, 0.1) is 5.92 Å². The van der Waals surface area contributed by atoms with Crippen LogP contribution >= 0.6 is 0 Å². The van der Waals surface area contributed by atoms with E-state index in [1.165, 1.54) is 12.1 Å². The molecule has 4 nitrogen and oxygen atoms in total. The predicted octanol–water partition coefficient (Wildman–Crippen LogP) is 2.40. The predicted molar refractivity (Wildman–Crippen MR) is 50.6 cm³/mol. The second kappa shape index (κ2) is 4.69. The summed E-state index contributed by atoms with van der Waals surface area (Å²) in [7, 11) is 0. The van der Waals surface area contributed by atoms with Crippen molar-refractivity contribution in [3.63, 3.8) is 0 Å². The van der Waals surface area contributed by atoms with Crippen LogP contribution in [0.25, 0.3) is 0 Å². The second-order valence-electron chi connectivity index (χ2n) is 3.45. The van der Waals surface area contributed by atoms with Crippen LogP contribution in [0.5, 0.6) is 5.95 Å². The molecule has 0 saturated carbocycles. The summed E-state index contributed by atoms with van der Waals surface area (Å²) in [6, 6.07) is 2.90. The number of carboxylic acid groups (broad SMARTS) is 1. The summed E-state index contributed by atoms with van der Waals surface area (Å²) < 4.78 is 10.1. The lowest BCUT2D eigenvalue weighted by Gasteiger charge is -2.04. The third-order valence-electron chi connectivity index (χ3n) is 1.73. The molecule has 0 spiro atoms. The van der Waals surface area contributed by atoms with Crippen molar-refractivity contribution < 1.29 is 19.1 Å². The minimum atomic E-state index is -1.08. The highest BCUT2D eigenvalue weighted by molar-refractivity contribution is 5.84. The van der Waals surface area contributed by atoms with E-state index in [9.17, 15) is 4.79 Å². The fourth-order valence-corrected chi connectivity index (χ4v) is 0.908. The Morgan fingerprint density at radius 1 is 1.57 bits per heavy atom. The average molecular weight is 198 g/mol. The monoisotopic (exact) mass is 198 g/mol. The normalized spacial score (nSPS) is 10.5. The highest BCUT2D eigenvalue weighted by Crippen LogP contribution is 2.16. The van der Waals surface area contributed by atoms with Crippen LogP contribution in [0.1, 0.15) is 30.8 Å². The Morgan fingerprint density at radius 2 is 2.29 bits per heavy atom.